The molecular formula is C39H39B2N. The molecule has 0 spiro atoms. The fraction of sp³-hybridized carbons (Fsp3) is 0.231. The highest BCUT2D eigenvalue weighted by Gasteiger charge is 2.44. The number of aryl methyl sites for hydroxylation is 9. The second-order valence-corrected chi connectivity index (χ2v) is 13.2. The SMILES string of the molecule is Cc1cc(C)c(B2c3ccc(C)cc3N3c4cc(C)ccc4B(c4c(C)cc(C)cc4C)c4cc(C)cc2c43)c(C)c1. The maximum atomic E-state index is 2.61. The minimum atomic E-state index is 0.179. The predicted octanol–water partition coefficient (Wildman–Crippen LogP) is 5.59. The van der Waals surface area contributed by atoms with Gasteiger partial charge in [0.25, 0.3) is 0 Å². The largest absolute Gasteiger partial charge is 0.313 e. The molecular weight excluding hydrogens is 504 g/mol. The molecule has 0 N–H and O–H groups in total. The maximum Gasteiger partial charge on any atom is 0.247 e. The van der Waals surface area contributed by atoms with Gasteiger partial charge in [0.1, 0.15) is 0 Å². The zero-order valence-electron chi connectivity index (χ0n) is 26.5. The minimum Gasteiger partial charge on any atom is -0.313 e. The van der Waals surface area contributed by atoms with Crippen LogP contribution in [0.1, 0.15) is 50.1 Å². The maximum absolute atomic E-state index is 2.61. The Balaban J connectivity index is 1.64. The van der Waals surface area contributed by atoms with E-state index in [2.05, 4.69) is 140 Å². The Bertz CT molecular complexity index is 1770. The first kappa shape index (κ1) is 26.9. The molecule has 2 aliphatic rings. The molecule has 0 bridgehead atoms. The molecule has 5 aromatic rings. The molecule has 0 saturated carbocycles. The Kier molecular flexibility index (Phi) is 6.10. The summed E-state index contributed by atoms with van der Waals surface area (Å²) in [6.07, 6.45) is 0. The van der Waals surface area contributed by atoms with E-state index in [1.807, 2.05) is 0 Å². The third kappa shape index (κ3) is 3.93. The lowest BCUT2D eigenvalue weighted by molar-refractivity contribution is 1.27. The van der Waals surface area contributed by atoms with E-state index in [0.29, 0.717) is 0 Å². The van der Waals surface area contributed by atoms with Crippen molar-refractivity contribution in [1.82, 2.24) is 0 Å². The number of benzene rings is 5. The first-order valence-corrected chi connectivity index (χ1v) is 15.3. The summed E-state index contributed by atoms with van der Waals surface area (Å²) in [7, 11) is 0. The van der Waals surface area contributed by atoms with Crippen molar-refractivity contribution in [3.63, 3.8) is 0 Å². The topological polar surface area (TPSA) is 3.24 Å². The molecule has 0 atom stereocenters. The molecule has 7 rings (SSSR count). The van der Waals surface area contributed by atoms with Crippen LogP contribution in [0.2, 0.25) is 0 Å². The van der Waals surface area contributed by atoms with Crippen LogP contribution in [0.15, 0.2) is 72.8 Å². The Morgan fingerprint density at radius 1 is 0.381 bits per heavy atom. The summed E-state index contributed by atoms with van der Waals surface area (Å²) in [5, 5.41) is 0. The van der Waals surface area contributed by atoms with Crippen LogP contribution >= 0.6 is 0 Å². The molecule has 0 fully saturated rings. The van der Waals surface area contributed by atoms with E-state index in [9.17, 15) is 0 Å². The molecule has 0 aliphatic carbocycles. The lowest BCUT2D eigenvalue weighted by Gasteiger charge is -2.45. The van der Waals surface area contributed by atoms with Gasteiger partial charge in [-0.2, -0.15) is 0 Å². The van der Waals surface area contributed by atoms with E-state index in [1.54, 1.807) is 0 Å². The van der Waals surface area contributed by atoms with Gasteiger partial charge in [0.05, 0.1) is 0 Å². The molecule has 3 heteroatoms. The monoisotopic (exact) mass is 543 g/mol. The van der Waals surface area contributed by atoms with Gasteiger partial charge in [-0.15, -0.1) is 0 Å². The van der Waals surface area contributed by atoms with Gasteiger partial charge >= 0.3 is 0 Å². The summed E-state index contributed by atoms with van der Waals surface area (Å²) in [6, 6.07) is 28.7. The van der Waals surface area contributed by atoms with Gasteiger partial charge in [-0.25, -0.2) is 0 Å². The van der Waals surface area contributed by atoms with E-state index in [-0.39, 0.29) is 13.4 Å². The van der Waals surface area contributed by atoms with Crippen LogP contribution in [0.4, 0.5) is 17.1 Å². The second kappa shape index (κ2) is 9.53. The van der Waals surface area contributed by atoms with Crippen LogP contribution in [0.5, 0.6) is 0 Å². The van der Waals surface area contributed by atoms with Gasteiger partial charge in [-0.3, -0.25) is 0 Å². The lowest BCUT2D eigenvalue weighted by Crippen LogP contribution is -2.66. The summed E-state index contributed by atoms with van der Waals surface area (Å²) < 4.78 is 0. The van der Waals surface area contributed by atoms with E-state index < -0.39 is 0 Å². The Hall–Kier alpha value is -3.97. The van der Waals surface area contributed by atoms with E-state index in [0.717, 1.165) is 0 Å². The summed E-state index contributed by atoms with van der Waals surface area (Å²) in [6.45, 7) is 20.7. The fourth-order valence-electron chi connectivity index (χ4n) is 8.34. The van der Waals surface area contributed by atoms with E-state index in [4.69, 9.17) is 0 Å². The molecule has 0 unspecified atom stereocenters. The van der Waals surface area contributed by atoms with Crippen molar-refractivity contribution >= 4 is 63.3 Å². The van der Waals surface area contributed by atoms with Crippen molar-refractivity contribution < 1.29 is 0 Å². The van der Waals surface area contributed by atoms with E-state index in [1.165, 1.54) is 99.9 Å². The molecule has 2 aliphatic heterocycles. The molecule has 0 radical (unpaired) electrons. The van der Waals surface area contributed by atoms with Crippen LogP contribution in [0, 0.1) is 62.3 Å². The van der Waals surface area contributed by atoms with Gasteiger partial charge in [-0.1, -0.05) is 111 Å². The number of nitrogens with zero attached hydrogens (tertiary/aromatic N) is 1. The van der Waals surface area contributed by atoms with Crippen molar-refractivity contribution in [2.45, 2.75) is 62.3 Å². The first-order chi connectivity index (χ1) is 20.0. The van der Waals surface area contributed by atoms with Crippen LogP contribution in [0.3, 0.4) is 0 Å². The molecule has 206 valence electrons. The standard InChI is InChI=1S/C39H39B2N/c1-22-10-12-31-35(20-22)42-36-21-23(2)11-13-32(36)41(38-29(8)16-25(4)17-30(38)9)34-19-26(5)18-33(39(34)42)40(31)37-27(6)14-24(3)15-28(37)7/h10-21H,1-9H3. The second-order valence-electron chi connectivity index (χ2n) is 13.2. The number of hydrogen-bond acceptors (Lipinski definition) is 1. The summed E-state index contributed by atoms with van der Waals surface area (Å²) >= 11 is 0. The van der Waals surface area contributed by atoms with Crippen molar-refractivity contribution in [2.75, 3.05) is 4.90 Å². The molecule has 5 aromatic carbocycles. The number of fused-ring (bicyclic) bond motifs is 4. The summed E-state index contributed by atoms with van der Waals surface area (Å²) in [5.41, 5.74) is 24.7. The van der Waals surface area contributed by atoms with Gasteiger partial charge in [0, 0.05) is 17.1 Å². The van der Waals surface area contributed by atoms with Crippen molar-refractivity contribution in [3.8, 4) is 0 Å². The average molecular weight is 543 g/mol. The lowest BCUT2D eigenvalue weighted by atomic mass is 9.29. The van der Waals surface area contributed by atoms with Gasteiger partial charge < -0.3 is 4.90 Å². The van der Waals surface area contributed by atoms with Crippen molar-refractivity contribution in [3.05, 3.63) is 123 Å². The minimum absolute atomic E-state index is 0.179. The van der Waals surface area contributed by atoms with E-state index >= 15 is 0 Å². The quantitative estimate of drug-likeness (QED) is 0.257. The fourth-order valence-corrected chi connectivity index (χ4v) is 8.34. The number of rotatable bonds is 2. The normalized spacial score (nSPS) is 13.2. The highest BCUT2D eigenvalue weighted by atomic mass is 15.2. The third-order valence-electron chi connectivity index (χ3n) is 9.69. The third-order valence-corrected chi connectivity index (χ3v) is 9.69. The highest BCUT2D eigenvalue weighted by molar-refractivity contribution is 7.02. The van der Waals surface area contributed by atoms with Gasteiger partial charge in [-0.05, 0) is 107 Å². The molecule has 0 saturated heterocycles. The van der Waals surface area contributed by atoms with Crippen molar-refractivity contribution in [1.29, 1.82) is 0 Å². The van der Waals surface area contributed by atoms with Crippen LogP contribution < -0.4 is 37.7 Å². The van der Waals surface area contributed by atoms with Crippen LogP contribution in [-0.4, -0.2) is 13.4 Å². The zero-order chi connectivity index (χ0) is 29.6. The summed E-state index contributed by atoms with van der Waals surface area (Å²) in [4.78, 5) is 2.61. The van der Waals surface area contributed by atoms with Crippen LogP contribution in [-0.2, 0) is 0 Å². The smallest absolute Gasteiger partial charge is 0.247 e. The predicted molar refractivity (Wildman–Crippen MR) is 186 cm³/mol. The Morgan fingerprint density at radius 3 is 1.12 bits per heavy atom. The molecule has 0 aromatic heterocycles. The summed E-state index contributed by atoms with van der Waals surface area (Å²) in [5.74, 6) is 0. The molecule has 42 heavy (non-hydrogen) atoms. The van der Waals surface area contributed by atoms with Crippen LogP contribution in [0.25, 0.3) is 0 Å². The zero-order valence-corrected chi connectivity index (χ0v) is 26.5. The first-order valence-electron chi connectivity index (χ1n) is 15.3. The number of hydrogen-bond donors (Lipinski definition) is 0. The molecule has 2 heterocycles. The number of anilines is 3. The Labute approximate surface area is 252 Å². The molecule has 1 nitrogen and oxygen atoms in total. The average Bonchev–Trinajstić information content (AvgIpc) is 2.89. The van der Waals surface area contributed by atoms with Crippen molar-refractivity contribution in [2.24, 2.45) is 0 Å². The highest BCUT2D eigenvalue weighted by Crippen LogP contribution is 2.39. The van der Waals surface area contributed by atoms with Gasteiger partial charge in [0.15, 0.2) is 0 Å². The molecule has 0 amide bonds. The Morgan fingerprint density at radius 2 is 0.738 bits per heavy atom. The van der Waals surface area contributed by atoms with Gasteiger partial charge in [0.2, 0.25) is 13.4 Å².